The molecule has 0 aromatic heterocycles. The Hall–Kier alpha value is -0.370. The van der Waals surface area contributed by atoms with Crippen LogP contribution in [-0.4, -0.2) is 19.0 Å². The number of unbranched alkanes of at least 4 members (excludes halogenated alkanes) is 1. The zero-order chi connectivity index (χ0) is 9.52. The molecule has 0 N–H and O–H groups in total. The summed E-state index contributed by atoms with van der Waals surface area (Å²) in [5, 5.41) is 0. The molecule has 0 heterocycles. The molecule has 0 aliphatic heterocycles. The molecule has 13 heavy (non-hydrogen) atoms. The van der Waals surface area contributed by atoms with Crippen LogP contribution in [0.4, 0.5) is 0 Å². The van der Waals surface area contributed by atoms with Crippen LogP contribution in [0, 0.1) is 5.92 Å². The molecular weight excluding hydrogens is 164 g/mol. The predicted molar refractivity (Wildman–Crippen MR) is 52.7 cm³/mol. The molecule has 0 spiro atoms. The van der Waals surface area contributed by atoms with Crippen LogP contribution in [0.5, 0.6) is 0 Å². The minimum atomic E-state index is 0.427. The fraction of sp³-hybridized carbons (Fsp3) is 0.909. The number of ether oxygens (including phenoxy) is 1. The van der Waals surface area contributed by atoms with Crippen LogP contribution in [-0.2, 0) is 9.53 Å². The van der Waals surface area contributed by atoms with Gasteiger partial charge in [-0.2, -0.15) is 0 Å². The van der Waals surface area contributed by atoms with E-state index in [0.717, 1.165) is 45.3 Å². The third-order valence-corrected chi connectivity index (χ3v) is 2.39. The van der Waals surface area contributed by atoms with Crippen molar-refractivity contribution in [1.82, 2.24) is 0 Å². The van der Waals surface area contributed by atoms with Gasteiger partial charge in [0.25, 0.3) is 0 Å². The van der Waals surface area contributed by atoms with Crippen molar-refractivity contribution in [2.75, 3.05) is 13.2 Å². The Morgan fingerprint density at radius 1 is 1.31 bits per heavy atom. The fourth-order valence-electron chi connectivity index (χ4n) is 1.31. The van der Waals surface area contributed by atoms with Crippen LogP contribution in [0.1, 0.15) is 45.4 Å². The molecule has 0 amide bonds. The molecule has 76 valence electrons. The van der Waals surface area contributed by atoms with E-state index in [4.69, 9.17) is 4.74 Å². The van der Waals surface area contributed by atoms with Crippen LogP contribution in [0.25, 0.3) is 0 Å². The van der Waals surface area contributed by atoms with E-state index < -0.39 is 0 Å². The van der Waals surface area contributed by atoms with Crippen molar-refractivity contribution in [2.24, 2.45) is 5.92 Å². The van der Waals surface area contributed by atoms with Gasteiger partial charge in [-0.15, -0.1) is 0 Å². The van der Waals surface area contributed by atoms with E-state index in [1.54, 1.807) is 0 Å². The number of rotatable bonds is 8. The normalized spacial score (nSPS) is 16.1. The molecule has 0 radical (unpaired) electrons. The highest BCUT2D eigenvalue weighted by Crippen LogP contribution is 2.31. The first-order chi connectivity index (χ1) is 6.34. The van der Waals surface area contributed by atoms with Gasteiger partial charge in [0.2, 0.25) is 0 Å². The lowest BCUT2D eigenvalue weighted by molar-refractivity contribution is -0.120. The quantitative estimate of drug-likeness (QED) is 0.542. The molecule has 2 nitrogen and oxygen atoms in total. The van der Waals surface area contributed by atoms with Gasteiger partial charge in [0.1, 0.15) is 5.78 Å². The lowest BCUT2D eigenvalue weighted by Gasteiger charge is -2.01. The smallest absolute Gasteiger partial charge is 0.136 e. The van der Waals surface area contributed by atoms with E-state index in [9.17, 15) is 4.79 Å². The van der Waals surface area contributed by atoms with E-state index in [-0.39, 0.29) is 0 Å². The maximum Gasteiger partial charge on any atom is 0.136 e. The predicted octanol–water partition coefficient (Wildman–Crippen LogP) is 2.56. The third kappa shape index (κ3) is 5.04. The minimum Gasteiger partial charge on any atom is -0.381 e. The Kier molecular flexibility index (Phi) is 5.06. The van der Waals surface area contributed by atoms with Gasteiger partial charge in [-0.1, -0.05) is 13.3 Å². The van der Waals surface area contributed by atoms with Crippen LogP contribution in [0.2, 0.25) is 0 Å². The van der Waals surface area contributed by atoms with Crippen molar-refractivity contribution < 1.29 is 9.53 Å². The summed E-state index contributed by atoms with van der Waals surface area (Å²) >= 11 is 0. The maximum absolute atomic E-state index is 11.2. The van der Waals surface area contributed by atoms with E-state index in [0.29, 0.717) is 11.7 Å². The molecule has 1 saturated carbocycles. The summed E-state index contributed by atoms with van der Waals surface area (Å²) in [6, 6.07) is 0. The number of hydrogen-bond donors (Lipinski definition) is 0. The Balaban J connectivity index is 1.80. The molecular formula is C11H20O2. The Bertz CT molecular complexity index is 150. The van der Waals surface area contributed by atoms with Crippen molar-refractivity contribution in [3.05, 3.63) is 0 Å². The van der Waals surface area contributed by atoms with Crippen LogP contribution in [0.15, 0.2) is 0 Å². The van der Waals surface area contributed by atoms with Gasteiger partial charge >= 0.3 is 0 Å². The molecule has 0 saturated heterocycles. The Morgan fingerprint density at radius 2 is 2.00 bits per heavy atom. The Morgan fingerprint density at radius 3 is 2.62 bits per heavy atom. The van der Waals surface area contributed by atoms with Crippen molar-refractivity contribution >= 4 is 5.78 Å². The third-order valence-electron chi connectivity index (χ3n) is 2.39. The van der Waals surface area contributed by atoms with E-state index in [1.807, 2.05) is 0 Å². The molecule has 1 fully saturated rings. The molecule has 2 heteroatoms. The van der Waals surface area contributed by atoms with Gasteiger partial charge in [0, 0.05) is 25.6 Å². The average molecular weight is 184 g/mol. The molecule has 0 aromatic rings. The van der Waals surface area contributed by atoms with Crippen LogP contribution < -0.4 is 0 Å². The molecule has 1 aliphatic carbocycles. The molecule has 0 bridgehead atoms. The highest BCUT2D eigenvalue weighted by molar-refractivity contribution is 5.83. The van der Waals surface area contributed by atoms with Crippen molar-refractivity contribution in [3.63, 3.8) is 0 Å². The number of ketones is 1. The summed E-state index contributed by atoms with van der Waals surface area (Å²) < 4.78 is 5.37. The van der Waals surface area contributed by atoms with Gasteiger partial charge in [-0.25, -0.2) is 0 Å². The highest BCUT2D eigenvalue weighted by atomic mass is 16.5. The SMILES string of the molecule is CCCCOCCCC(=O)C1CC1. The fourth-order valence-corrected chi connectivity index (χ4v) is 1.31. The molecule has 0 atom stereocenters. The zero-order valence-electron chi connectivity index (χ0n) is 8.55. The van der Waals surface area contributed by atoms with E-state index in [2.05, 4.69) is 6.92 Å². The number of hydrogen-bond acceptors (Lipinski definition) is 2. The number of carbonyl (C=O) groups excluding carboxylic acids is 1. The first-order valence-corrected chi connectivity index (χ1v) is 5.45. The summed E-state index contributed by atoms with van der Waals surface area (Å²) in [4.78, 5) is 11.2. The lowest BCUT2D eigenvalue weighted by atomic mass is 10.1. The molecule has 1 rings (SSSR count). The van der Waals surface area contributed by atoms with Gasteiger partial charge in [-0.3, -0.25) is 4.79 Å². The van der Waals surface area contributed by atoms with E-state index >= 15 is 0 Å². The average Bonchev–Trinajstić information content (AvgIpc) is 2.93. The summed E-state index contributed by atoms with van der Waals surface area (Å²) in [6.45, 7) is 3.77. The van der Waals surface area contributed by atoms with Crippen molar-refractivity contribution in [2.45, 2.75) is 45.4 Å². The standard InChI is InChI=1S/C11H20O2/c1-2-3-8-13-9-4-5-11(12)10-6-7-10/h10H,2-9H2,1H3. The van der Waals surface area contributed by atoms with Gasteiger partial charge < -0.3 is 4.74 Å². The summed E-state index contributed by atoms with van der Waals surface area (Å²) in [5.74, 6) is 0.884. The van der Waals surface area contributed by atoms with Crippen LogP contribution in [0.3, 0.4) is 0 Å². The number of carbonyl (C=O) groups is 1. The molecule has 1 aliphatic rings. The van der Waals surface area contributed by atoms with E-state index in [1.165, 1.54) is 6.42 Å². The van der Waals surface area contributed by atoms with Gasteiger partial charge in [0.15, 0.2) is 0 Å². The largest absolute Gasteiger partial charge is 0.381 e. The van der Waals surface area contributed by atoms with Crippen molar-refractivity contribution in [1.29, 1.82) is 0 Å². The van der Waals surface area contributed by atoms with Crippen LogP contribution >= 0.6 is 0 Å². The first-order valence-electron chi connectivity index (χ1n) is 5.45. The minimum absolute atomic E-state index is 0.427. The highest BCUT2D eigenvalue weighted by Gasteiger charge is 2.28. The second-order valence-electron chi connectivity index (χ2n) is 3.81. The second kappa shape index (κ2) is 6.14. The monoisotopic (exact) mass is 184 g/mol. The first kappa shape index (κ1) is 10.7. The van der Waals surface area contributed by atoms with Gasteiger partial charge in [0.05, 0.1) is 0 Å². The second-order valence-corrected chi connectivity index (χ2v) is 3.81. The topological polar surface area (TPSA) is 26.3 Å². The Labute approximate surface area is 80.7 Å². The summed E-state index contributed by atoms with van der Waals surface area (Å²) in [5.41, 5.74) is 0. The zero-order valence-corrected chi connectivity index (χ0v) is 8.55. The lowest BCUT2D eigenvalue weighted by Crippen LogP contribution is -2.03. The van der Waals surface area contributed by atoms with Crippen molar-refractivity contribution in [3.8, 4) is 0 Å². The maximum atomic E-state index is 11.2. The summed E-state index contributed by atoms with van der Waals surface area (Å²) in [7, 11) is 0. The number of Topliss-reactive ketones (excluding diaryl/α,β-unsaturated/α-hetero) is 1. The van der Waals surface area contributed by atoms with Gasteiger partial charge in [-0.05, 0) is 25.7 Å². The summed E-state index contributed by atoms with van der Waals surface area (Å²) in [6.07, 6.45) is 6.23. The molecule has 0 aromatic carbocycles. The molecule has 0 unspecified atom stereocenters.